The minimum atomic E-state index is -0.0852. The molecular formula is C26H29ClN2O2. The molecule has 31 heavy (non-hydrogen) atoms. The number of amides is 1. The Balaban J connectivity index is 1.44. The van der Waals surface area contributed by atoms with Crippen LogP contribution in [0.2, 0.25) is 5.02 Å². The Bertz CT molecular complexity index is 1010. The van der Waals surface area contributed by atoms with Crippen molar-refractivity contribution in [1.29, 1.82) is 0 Å². The lowest BCUT2D eigenvalue weighted by atomic mass is 9.72. The predicted molar refractivity (Wildman–Crippen MR) is 126 cm³/mol. The van der Waals surface area contributed by atoms with Crippen molar-refractivity contribution in [2.24, 2.45) is 11.8 Å². The molecule has 5 heteroatoms. The van der Waals surface area contributed by atoms with Crippen molar-refractivity contribution in [1.82, 2.24) is 4.98 Å². The molecule has 2 N–H and O–H groups in total. The zero-order valence-electron chi connectivity index (χ0n) is 17.6. The van der Waals surface area contributed by atoms with Gasteiger partial charge in [0.15, 0.2) is 0 Å². The lowest BCUT2D eigenvalue weighted by Gasteiger charge is -2.34. The van der Waals surface area contributed by atoms with Crippen molar-refractivity contribution < 1.29 is 9.90 Å². The van der Waals surface area contributed by atoms with Gasteiger partial charge in [-0.15, -0.1) is 0 Å². The summed E-state index contributed by atoms with van der Waals surface area (Å²) in [5, 5.41) is 14.3. The summed E-state index contributed by atoms with van der Waals surface area (Å²) < 4.78 is 0. The van der Waals surface area contributed by atoms with E-state index < -0.39 is 0 Å². The summed E-state index contributed by atoms with van der Waals surface area (Å²) in [7, 11) is 0. The van der Waals surface area contributed by atoms with Crippen molar-refractivity contribution >= 4 is 34.1 Å². The number of rotatable bonds is 7. The van der Waals surface area contributed by atoms with E-state index in [0.717, 1.165) is 36.9 Å². The minimum absolute atomic E-state index is 0.0496. The molecule has 1 fully saturated rings. The highest BCUT2D eigenvalue weighted by molar-refractivity contribution is 6.30. The van der Waals surface area contributed by atoms with Gasteiger partial charge >= 0.3 is 0 Å². The molecule has 162 valence electrons. The third-order valence-electron chi connectivity index (χ3n) is 6.59. The number of halogens is 1. The highest BCUT2D eigenvalue weighted by Gasteiger charge is 2.32. The second-order valence-electron chi connectivity index (χ2n) is 8.50. The molecule has 4 nitrogen and oxygen atoms in total. The van der Waals surface area contributed by atoms with Crippen LogP contribution in [0.1, 0.15) is 50.0 Å². The van der Waals surface area contributed by atoms with E-state index in [1.165, 1.54) is 10.9 Å². The Morgan fingerprint density at radius 2 is 1.81 bits per heavy atom. The minimum Gasteiger partial charge on any atom is -0.396 e. The summed E-state index contributed by atoms with van der Waals surface area (Å²) in [6.07, 6.45) is 7.45. The number of aromatic nitrogens is 1. The second kappa shape index (κ2) is 10.3. The van der Waals surface area contributed by atoms with E-state index in [-0.39, 0.29) is 18.4 Å². The Morgan fingerprint density at radius 3 is 2.55 bits per heavy atom. The summed E-state index contributed by atoms with van der Waals surface area (Å²) in [6, 6.07) is 17.7. The fraction of sp³-hybridized carbons (Fsp3) is 0.385. The van der Waals surface area contributed by atoms with Crippen LogP contribution in [0.3, 0.4) is 0 Å². The third-order valence-corrected chi connectivity index (χ3v) is 6.84. The van der Waals surface area contributed by atoms with Gasteiger partial charge in [0.2, 0.25) is 5.91 Å². The van der Waals surface area contributed by atoms with Crippen LogP contribution in [-0.4, -0.2) is 22.6 Å². The zero-order chi connectivity index (χ0) is 21.6. The van der Waals surface area contributed by atoms with Gasteiger partial charge in [-0.2, -0.15) is 0 Å². The Hall–Kier alpha value is -2.43. The first-order valence-corrected chi connectivity index (χ1v) is 11.5. The molecule has 0 saturated heterocycles. The topological polar surface area (TPSA) is 62.2 Å². The Kier molecular flexibility index (Phi) is 7.21. The predicted octanol–water partition coefficient (Wildman–Crippen LogP) is 6.19. The monoisotopic (exact) mass is 436 g/mol. The van der Waals surface area contributed by atoms with Gasteiger partial charge in [-0.05, 0) is 92.3 Å². The fourth-order valence-corrected chi connectivity index (χ4v) is 5.09. The Morgan fingerprint density at radius 1 is 1.06 bits per heavy atom. The molecular weight excluding hydrogens is 408 g/mol. The normalized spacial score (nSPS) is 19.8. The molecule has 1 aliphatic carbocycles. The first-order valence-electron chi connectivity index (χ1n) is 11.2. The van der Waals surface area contributed by atoms with E-state index >= 15 is 0 Å². The number of benzene rings is 2. The zero-order valence-corrected chi connectivity index (χ0v) is 18.4. The summed E-state index contributed by atoms with van der Waals surface area (Å²) in [5.41, 5.74) is 3.19. The molecule has 1 unspecified atom stereocenters. The molecule has 1 amide bonds. The van der Waals surface area contributed by atoms with Crippen molar-refractivity contribution in [2.75, 3.05) is 11.9 Å². The maximum atomic E-state index is 13.1. The lowest BCUT2D eigenvalue weighted by Crippen LogP contribution is -2.32. The number of hydrogen-bond donors (Lipinski definition) is 2. The van der Waals surface area contributed by atoms with Crippen LogP contribution in [-0.2, 0) is 4.79 Å². The molecule has 2 aromatic carbocycles. The third kappa shape index (κ3) is 5.25. The summed E-state index contributed by atoms with van der Waals surface area (Å²) in [6.45, 7) is 0.114. The van der Waals surface area contributed by atoms with Gasteiger partial charge in [0, 0.05) is 34.8 Å². The van der Waals surface area contributed by atoms with Gasteiger partial charge in [0.05, 0.1) is 5.52 Å². The van der Waals surface area contributed by atoms with Gasteiger partial charge in [0.1, 0.15) is 0 Å². The molecule has 1 aromatic heterocycles. The molecule has 0 spiro atoms. The standard InChI is InChI=1S/C26H29ClN2O2/c27-20-11-13-21(14-12-20)29-26(31)23(5-3-17-30)19-9-7-18(8-10-19)22-15-16-28-25-6-2-1-4-24(22)25/h1-2,4,6,11-16,18-19,23,30H,3,5,7-10,17H2,(H,29,31). The average Bonchev–Trinajstić information content (AvgIpc) is 2.81. The first kappa shape index (κ1) is 21.8. The average molecular weight is 437 g/mol. The maximum Gasteiger partial charge on any atom is 0.227 e. The number of aliphatic hydroxyl groups excluding tert-OH is 1. The highest BCUT2D eigenvalue weighted by Crippen LogP contribution is 2.42. The summed E-state index contributed by atoms with van der Waals surface area (Å²) in [5.74, 6) is 0.803. The summed E-state index contributed by atoms with van der Waals surface area (Å²) in [4.78, 5) is 17.6. The number of para-hydroxylation sites is 1. The number of carbonyl (C=O) groups is 1. The van der Waals surface area contributed by atoms with E-state index in [9.17, 15) is 9.90 Å². The van der Waals surface area contributed by atoms with Gasteiger partial charge in [0.25, 0.3) is 0 Å². The number of nitrogens with zero attached hydrogens (tertiary/aromatic N) is 1. The van der Waals surface area contributed by atoms with Crippen LogP contribution in [0.25, 0.3) is 10.9 Å². The molecule has 0 aliphatic heterocycles. The number of carbonyl (C=O) groups excluding carboxylic acids is 1. The van der Waals surface area contributed by atoms with E-state index in [1.807, 2.05) is 24.4 Å². The number of nitrogens with one attached hydrogen (secondary N) is 1. The fourth-order valence-electron chi connectivity index (χ4n) is 4.97. The van der Waals surface area contributed by atoms with E-state index in [4.69, 9.17) is 11.6 Å². The van der Waals surface area contributed by atoms with Crippen LogP contribution in [0.4, 0.5) is 5.69 Å². The number of hydrogen-bond acceptors (Lipinski definition) is 3. The first-order chi connectivity index (χ1) is 15.2. The van der Waals surface area contributed by atoms with Crippen LogP contribution < -0.4 is 5.32 Å². The highest BCUT2D eigenvalue weighted by atomic mass is 35.5. The number of aliphatic hydroxyl groups is 1. The van der Waals surface area contributed by atoms with Crippen molar-refractivity contribution in [3.8, 4) is 0 Å². The van der Waals surface area contributed by atoms with Crippen LogP contribution in [0.15, 0.2) is 60.8 Å². The van der Waals surface area contributed by atoms with E-state index in [2.05, 4.69) is 34.6 Å². The van der Waals surface area contributed by atoms with Crippen LogP contribution in [0, 0.1) is 11.8 Å². The molecule has 0 radical (unpaired) electrons. The van der Waals surface area contributed by atoms with Crippen LogP contribution in [0.5, 0.6) is 0 Å². The molecule has 1 aliphatic rings. The smallest absolute Gasteiger partial charge is 0.227 e. The van der Waals surface area contributed by atoms with Crippen molar-refractivity contribution in [3.05, 3.63) is 71.4 Å². The number of anilines is 1. The lowest BCUT2D eigenvalue weighted by molar-refractivity contribution is -0.122. The molecule has 4 rings (SSSR count). The van der Waals surface area contributed by atoms with E-state index in [0.29, 0.717) is 29.7 Å². The molecule has 1 saturated carbocycles. The number of fused-ring (bicyclic) bond motifs is 1. The molecule has 0 bridgehead atoms. The largest absolute Gasteiger partial charge is 0.396 e. The van der Waals surface area contributed by atoms with Gasteiger partial charge in [-0.3, -0.25) is 9.78 Å². The van der Waals surface area contributed by atoms with Crippen molar-refractivity contribution in [3.63, 3.8) is 0 Å². The van der Waals surface area contributed by atoms with Crippen LogP contribution >= 0.6 is 11.6 Å². The molecule has 1 heterocycles. The molecule has 1 atom stereocenters. The van der Waals surface area contributed by atoms with E-state index in [1.54, 1.807) is 12.1 Å². The van der Waals surface area contributed by atoms with Gasteiger partial charge < -0.3 is 10.4 Å². The van der Waals surface area contributed by atoms with Crippen molar-refractivity contribution in [2.45, 2.75) is 44.4 Å². The molecule has 3 aromatic rings. The summed E-state index contributed by atoms with van der Waals surface area (Å²) >= 11 is 5.96. The van der Waals surface area contributed by atoms with Gasteiger partial charge in [-0.1, -0.05) is 29.8 Å². The SMILES string of the molecule is O=C(Nc1ccc(Cl)cc1)C(CCCO)C1CCC(c2ccnc3ccccc23)CC1. The van der Waals surface area contributed by atoms with Gasteiger partial charge in [-0.25, -0.2) is 0 Å². The quantitative estimate of drug-likeness (QED) is 0.464. The number of pyridine rings is 1. The Labute approximate surface area is 188 Å². The second-order valence-corrected chi connectivity index (χ2v) is 8.93. The maximum absolute atomic E-state index is 13.1.